The van der Waals surface area contributed by atoms with Crippen LogP contribution in [0.4, 0.5) is 5.69 Å². The first-order valence-electron chi connectivity index (χ1n) is 6.43. The number of anilines is 1. The Morgan fingerprint density at radius 2 is 1.71 bits per heavy atom. The molecule has 1 aliphatic heterocycles. The molecule has 0 saturated heterocycles. The van der Waals surface area contributed by atoms with E-state index in [2.05, 4.69) is 0 Å². The van der Waals surface area contributed by atoms with Gasteiger partial charge in [0, 0.05) is 11.1 Å². The van der Waals surface area contributed by atoms with Crippen LogP contribution in [0.2, 0.25) is 0 Å². The Hall–Kier alpha value is -2.53. The summed E-state index contributed by atoms with van der Waals surface area (Å²) >= 11 is 5.00. The molecule has 0 fully saturated rings. The van der Waals surface area contributed by atoms with E-state index in [0.29, 0.717) is 16.8 Å². The molecule has 2 aromatic rings. The summed E-state index contributed by atoms with van der Waals surface area (Å²) < 4.78 is 0. The number of fused-ring (bicyclic) bond motifs is 1. The van der Waals surface area contributed by atoms with E-state index in [4.69, 9.17) is 18.0 Å². The fourth-order valence-corrected chi connectivity index (χ4v) is 2.65. The van der Waals surface area contributed by atoms with Gasteiger partial charge in [0.2, 0.25) is 5.91 Å². The van der Waals surface area contributed by atoms with Gasteiger partial charge in [-0.2, -0.15) is 0 Å². The average Bonchev–Trinajstić information content (AvgIpc) is 2.47. The molecule has 0 bridgehead atoms. The van der Waals surface area contributed by atoms with Crippen LogP contribution in [-0.4, -0.2) is 16.8 Å². The molecule has 1 heterocycles. The summed E-state index contributed by atoms with van der Waals surface area (Å²) in [6.45, 7) is 0. The number of benzene rings is 2. The molecule has 21 heavy (non-hydrogen) atoms. The number of carbonyl (C=O) groups excluding carboxylic acids is 2. The summed E-state index contributed by atoms with van der Waals surface area (Å²) in [5, 5.41) is 0. The van der Waals surface area contributed by atoms with Crippen LogP contribution in [0.3, 0.4) is 0 Å². The fraction of sp³-hybridized carbons (Fsp3) is 0.0625. The normalized spacial score (nSPS) is 14.0. The lowest BCUT2D eigenvalue weighted by Gasteiger charge is -2.28. The SMILES string of the molecule is NC(=S)c1ccccc1N1C(=O)Cc2ccccc2C1=O. The molecule has 0 atom stereocenters. The summed E-state index contributed by atoms with van der Waals surface area (Å²) in [7, 11) is 0. The lowest BCUT2D eigenvalue weighted by atomic mass is 9.97. The number of amides is 2. The molecule has 3 rings (SSSR count). The van der Waals surface area contributed by atoms with Crippen LogP contribution in [0.5, 0.6) is 0 Å². The Morgan fingerprint density at radius 3 is 2.48 bits per heavy atom. The minimum atomic E-state index is -0.342. The number of carbonyl (C=O) groups is 2. The highest BCUT2D eigenvalue weighted by Gasteiger charge is 2.33. The number of hydrogen-bond donors (Lipinski definition) is 1. The van der Waals surface area contributed by atoms with Gasteiger partial charge in [0.05, 0.1) is 12.1 Å². The van der Waals surface area contributed by atoms with E-state index in [1.165, 1.54) is 0 Å². The quantitative estimate of drug-likeness (QED) is 0.680. The topological polar surface area (TPSA) is 63.4 Å². The third-order valence-corrected chi connectivity index (χ3v) is 3.67. The van der Waals surface area contributed by atoms with Crippen molar-refractivity contribution in [3.63, 3.8) is 0 Å². The van der Waals surface area contributed by atoms with Gasteiger partial charge in [0.25, 0.3) is 5.91 Å². The summed E-state index contributed by atoms with van der Waals surface area (Å²) in [4.78, 5) is 26.3. The van der Waals surface area contributed by atoms with Crippen LogP contribution in [0.25, 0.3) is 0 Å². The maximum atomic E-state index is 12.6. The number of thiocarbonyl (C=S) groups is 1. The van der Waals surface area contributed by atoms with Crippen LogP contribution in [-0.2, 0) is 11.2 Å². The zero-order valence-electron chi connectivity index (χ0n) is 11.1. The number of nitrogens with two attached hydrogens (primary N) is 1. The number of rotatable bonds is 2. The molecular formula is C16H12N2O2S. The average molecular weight is 296 g/mol. The second-order valence-corrected chi connectivity index (χ2v) is 5.19. The van der Waals surface area contributed by atoms with Crippen molar-refractivity contribution in [1.29, 1.82) is 0 Å². The molecule has 5 heteroatoms. The number of nitrogens with zero attached hydrogens (tertiary/aromatic N) is 1. The smallest absolute Gasteiger partial charge is 0.265 e. The first-order chi connectivity index (χ1) is 10.1. The first kappa shape index (κ1) is 13.5. The maximum Gasteiger partial charge on any atom is 0.265 e. The maximum absolute atomic E-state index is 12.6. The van der Waals surface area contributed by atoms with Crippen molar-refractivity contribution in [1.82, 2.24) is 0 Å². The molecule has 2 N–H and O–H groups in total. The molecule has 0 saturated carbocycles. The zero-order chi connectivity index (χ0) is 15.0. The van der Waals surface area contributed by atoms with Crippen molar-refractivity contribution in [3.8, 4) is 0 Å². The minimum absolute atomic E-state index is 0.157. The molecule has 0 unspecified atom stereocenters. The second-order valence-electron chi connectivity index (χ2n) is 4.75. The van der Waals surface area contributed by atoms with Crippen molar-refractivity contribution < 1.29 is 9.59 Å². The second kappa shape index (κ2) is 5.10. The predicted octanol–water partition coefficient (Wildman–Crippen LogP) is 2.05. The van der Waals surface area contributed by atoms with E-state index in [0.717, 1.165) is 10.5 Å². The highest BCUT2D eigenvalue weighted by Crippen LogP contribution is 2.28. The van der Waals surface area contributed by atoms with Gasteiger partial charge in [-0.15, -0.1) is 0 Å². The van der Waals surface area contributed by atoms with Gasteiger partial charge < -0.3 is 5.73 Å². The fourth-order valence-electron chi connectivity index (χ4n) is 2.48. The summed E-state index contributed by atoms with van der Waals surface area (Å²) in [6.07, 6.45) is 0.188. The molecule has 0 aromatic heterocycles. The third-order valence-electron chi connectivity index (χ3n) is 3.45. The molecule has 0 aliphatic carbocycles. The van der Waals surface area contributed by atoms with Crippen molar-refractivity contribution >= 4 is 34.7 Å². The van der Waals surface area contributed by atoms with Gasteiger partial charge in [0.1, 0.15) is 4.99 Å². The molecule has 1 aliphatic rings. The van der Waals surface area contributed by atoms with Gasteiger partial charge in [-0.05, 0) is 23.8 Å². The number of hydrogen-bond acceptors (Lipinski definition) is 3. The van der Waals surface area contributed by atoms with Gasteiger partial charge in [-0.1, -0.05) is 42.5 Å². The molecule has 2 amide bonds. The summed E-state index contributed by atoms with van der Waals surface area (Å²) in [5.74, 6) is -0.618. The lowest BCUT2D eigenvalue weighted by Crippen LogP contribution is -2.43. The molecule has 104 valence electrons. The van der Waals surface area contributed by atoms with E-state index in [1.807, 2.05) is 6.07 Å². The molecular weight excluding hydrogens is 284 g/mol. The number of para-hydroxylation sites is 1. The number of imide groups is 1. The first-order valence-corrected chi connectivity index (χ1v) is 6.84. The van der Waals surface area contributed by atoms with E-state index in [-0.39, 0.29) is 23.2 Å². The highest BCUT2D eigenvalue weighted by molar-refractivity contribution is 7.80. The molecule has 4 nitrogen and oxygen atoms in total. The molecule has 0 spiro atoms. The van der Waals surface area contributed by atoms with Gasteiger partial charge >= 0.3 is 0 Å². The largest absolute Gasteiger partial charge is 0.389 e. The Labute approximate surface area is 127 Å². The van der Waals surface area contributed by atoms with Crippen LogP contribution in [0.15, 0.2) is 48.5 Å². The third kappa shape index (κ3) is 2.21. The monoisotopic (exact) mass is 296 g/mol. The Bertz CT molecular complexity index is 770. The highest BCUT2D eigenvalue weighted by atomic mass is 32.1. The molecule has 2 aromatic carbocycles. The standard InChI is InChI=1S/C16H12N2O2S/c17-15(21)12-7-3-4-8-13(12)18-14(19)9-10-5-1-2-6-11(10)16(18)20/h1-8H,9H2,(H2,17,21). The van der Waals surface area contributed by atoms with Gasteiger partial charge in [-0.3, -0.25) is 9.59 Å². The summed E-state index contributed by atoms with van der Waals surface area (Å²) in [6, 6.07) is 14.0. The van der Waals surface area contributed by atoms with Crippen LogP contribution >= 0.6 is 12.2 Å². The van der Waals surface area contributed by atoms with E-state index >= 15 is 0 Å². The Morgan fingerprint density at radius 1 is 1.05 bits per heavy atom. The Balaban J connectivity index is 2.14. The van der Waals surface area contributed by atoms with Crippen molar-refractivity contribution in [2.45, 2.75) is 6.42 Å². The van der Waals surface area contributed by atoms with Crippen molar-refractivity contribution in [2.75, 3.05) is 4.90 Å². The van der Waals surface area contributed by atoms with E-state index < -0.39 is 0 Å². The molecule has 0 radical (unpaired) electrons. The van der Waals surface area contributed by atoms with Crippen LogP contribution < -0.4 is 10.6 Å². The predicted molar refractivity (Wildman–Crippen MR) is 84.3 cm³/mol. The minimum Gasteiger partial charge on any atom is -0.389 e. The van der Waals surface area contributed by atoms with Crippen molar-refractivity contribution in [3.05, 3.63) is 65.2 Å². The zero-order valence-corrected chi connectivity index (χ0v) is 11.9. The van der Waals surface area contributed by atoms with Gasteiger partial charge in [0.15, 0.2) is 0 Å². The lowest BCUT2D eigenvalue weighted by molar-refractivity contribution is -0.117. The van der Waals surface area contributed by atoms with Crippen molar-refractivity contribution in [2.24, 2.45) is 5.73 Å². The van der Waals surface area contributed by atoms with Crippen LogP contribution in [0.1, 0.15) is 21.5 Å². The summed E-state index contributed by atoms with van der Waals surface area (Å²) in [5.41, 5.74) is 7.93. The van der Waals surface area contributed by atoms with E-state index in [9.17, 15) is 9.59 Å². The van der Waals surface area contributed by atoms with E-state index in [1.54, 1.807) is 42.5 Å². The Kier molecular flexibility index (Phi) is 3.27. The van der Waals surface area contributed by atoms with Gasteiger partial charge in [-0.25, -0.2) is 4.90 Å². The van der Waals surface area contributed by atoms with Crippen LogP contribution in [0, 0.1) is 0 Å².